The van der Waals surface area contributed by atoms with Crippen LogP contribution in [0.4, 0.5) is 0 Å². The number of carbonyl (C=O) groups excluding carboxylic acids is 1. The molecule has 1 fully saturated rings. The molecule has 0 bridgehead atoms. The highest BCUT2D eigenvalue weighted by Gasteiger charge is 2.26. The Balaban J connectivity index is 1.97. The number of likely N-dealkylation sites (tertiary alicyclic amines) is 1. The van der Waals surface area contributed by atoms with Crippen molar-refractivity contribution >= 4 is 12.0 Å². The first kappa shape index (κ1) is 16.6. The fourth-order valence-electron chi connectivity index (χ4n) is 2.49. The predicted octanol–water partition coefficient (Wildman–Crippen LogP) is 2.72. The summed E-state index contributed by atoms with van der Waals surface area (Å²) < 4.78 is 5.64. The number of carbonyl (C=O) groups is 1. The lowest BCUT2D eigenvalue weighted by atomic mass is 9.96. The predicted molar refractivity (Wildman–Crippen MR) is 87.6 cm³/mol. The zero-order chi connectivity index (χ0) is 16.1. The van der Waals surface area contributed by atoms with Crippen molar-refractivity contribution in [3.05, 3.63) is 35.9 Å². The molecule has 1 aromatic rings. The van der Waals surface area contributed by atoms with E-state index in [4.69, 9.17) is 4.74 Å². The summed E-state index contributed by atoms with van der Waals surface area (Å²) in [6.07, 6.45) is 3.90. The second kappa shape index (κ2) is 7.45. The first-order valence-electron chi connectivity index (χ1n) is 7.87. The van der Waals surface area contributed by atoms with E-state index in [2.05, 4.69) is 0 Å². The van der Waals surface area contributed by atoms with Gasteiger partial charge in [-0.05, 0) is 50.0 Å². The minimum Gasteiger partial charge on any atom is -0.491 e. The van der Waals surface area contributed by atoms with Crippen LogP contribution >= 0.6 is 0 Å². The summed E-state index contributed by atoms with van der Waals surface area (Å²) in [5.74, 6) is 1.01. The van der Waals surface area contributed by atoms with Crippen LogP contribution in [0.25, 0.3) is 6.08 Å². The summed E-state index contributed by atoms with van der Waals surface area (Å²) in [7, 11) is 0. The van der Waals surface area contributed by atoms with Gasteiger partial charge < -0.3 is 14.7 Å². The summed E-state index contributed by atoms with van der Waals surface area (Å²) >= 11 is 0. The summed E-state index contributed by atoms with van der Waals surface area (Å²) in [6.45, 7) is 7.10. The smallest absolute Gasteiger partial charge is 0.246 e. The van der Waals surface area contributed by atoms with Crippen LogP contribution < -0.4 is 4.74 Å². The number of ether oxygens (including phenoxy) is 1. The van der Waals surface area contributed by atoms with Gasteiger partial charge >= 0.3 is 0 Å². The number of nitrogens with zero attached hydrogens (tertiary/aromatic N) is 1. The van der Waals surface area contributed by atoms with E-state index in [-0.39, 0.29) is 17.9 Å². The Morgan fingerprint density at radius 2 is 2.23 bits per heavy atom. The maximum atomic E-state index is 12.2. The first-order valence-corrected chi connectivity index (χ1v) is 7.87. The Bertz CT molecular complexity index is 539. The number of benzene rings is 1. The van der Waals surface area contributed by atoms with E-state index >= 15 is 0 Å². The summed E-state index contributed by atoms with van der Waals surface area (Å²) in [5, 5.41) is 9.87. The first-order chi connectivity index (χ1) is 10.5. The molecule has 1 aliphatic heterocycles. The van der Waals surface area contributed by atoms with E-state index in [1.165, 1.54) is 0 Å². The standard InChI is InChI=1S/C18H25NO3/c1-13(2)22-16-6-4-5-15(11-16)7-8-18(21)19-10-9-14(3)17(20)12-19/h4-8,11,13-14,17,20H,9-10,12H2,1-3H3/b8-7+. The number of hydrogen-bond acceptors (Lipinski definition) is 3. The largest absolute Gasteiger partial charge is 0.491 e. The number of piperidine rings is 1. The maximum Gasteiger partial charge on any atom is 0.246 e. The van der Waals surface area contributed by atoms with Gasteiger partial charge in [0.1, 0.15) is 5.75 Å². The topological polar surface area (TPSA) is 49.8 Å². The Morgan fingerprint density at radius 1 is 1.45 bits per heavy atom. The van der Waals surface area contributed by atoms with Crippen molar-refractivity contribution in [3.63, 3.8) is 0 Å². The summed E-state index contributed by atoms with van der Waals surface area (Å²) in [6, 6.07) is 7.66. The monoisotopic (exact) mass is 303 g/mol. The minimum absolute atomic E-state index is 0.0545. The summed E-state index contributed by atoms with van der Waals surface area (Å²) in [5.41, 5.74) is 0.928. The molecular weight excluding hydrogens is 278 g/mol. The average molecular weight is 303 g/mol. The van der Waals surface area contributed by atoms with Gasteiger partial charge in [-0.15, -0.1) is 0 Å². The number of rotatable bonds is 4. The fraction of sp³-hybridized carbons (Fsp3) is 0.500. The van der Waals surface area contributed by atoms with Gasteiger partial charge in [0.15, 0.2) is 0 Å². The fourth-order valence-corrected chi connectivity index (χ4v) is 2.49. The number of hydrogen-bond donors (Lipinski definition) is 1. The van der Waals surface area contributed by atoms with E-state index in [0.717, 1.165) is 17.7 Å². The number of aliphatic hydroxyl groups excluding tert-OH is 1. The molecule has 120 valence electrons. The molecule has 0 radical (unpaired) electrons. The van der Waals surface area contributed by atoms with Gasteiger partial charge in [-0.3, -0.25) is 4.79 Å². The van der Waals surface area contributed by atoms with Crippen LogP contribution in [0.3, 0.4) is 0 Å². The highest BCUT2D eigenvalue weighted by atomic mass is 16.5. The molecule has 1 amide bonds. The zero-order valence-corrected chi connectivity index (χ0v) is 13.5. The molecule has 2 unspecified atom stereocenters. The van der Waals surface area contributed by atoms with Crippen molar-refractivity contribution in [2.75, 3.05) is 13.1 Å². The van der Waals surface area contributed by atoms with Crippen LogP contribution in [0.1, 0.15) is 32.8 Å². The zero-order valence-electron chi connectivity index (χ0n) is 13.5. The third kappa shape index (κ3) is 4.60. The number of amides is 1. The maximum absolute atomic E-state index is 12.2. The molecule has 0 spiro atoms. The van der Waals surface area contributed by atoms with Gasteiger partial charge in [-0.2, -0.15) is 0 Å². The molecule has 1 N–H and O–H groups in total. The molecule has 2 rings (SSSR count). The molecule has 0 aromatic heterocycles. The second-order valence-corrected chi connectivity index (χ2v) is 6.19. The lowest BCUT2D eigenvalue weighted by Gasteiger charge is -2.33. The highest BCUT2D eigenvalue weighted by molar-refractivity contribution is 5.91. The average Bonchev–Trinajstić information content (AvgIpc) is 2.47. The van der Waals surface area contributed by atoms with Gasteiger partial charge in [0, 0.05) is 19.2 Å². The lowest BCUT2D eigenvalue weighted by Crippen LogP contribution is -2.45. The van der Waals surface area contributed by atoms with Crippen molar-refractivity contribution < 1.29 is 14.6 Å². The van der Waals surface area contributed by atoms with Crippen LogP contribution in [0.5, 0.6) is 5.75 Å². The van der Waals surface area contributed by atoms with Crippen LogP contribution in [0.15, 0.2) is 30.3 Å². The minimum atomic E-state index is -0.422. The van der Waals surface area contributed by atoms with E-state index in [9.17, 15) is 9.90 Å². The molecule has 1 saturated heterocycles. The Morgan fingerprint density at radius 3 is 2.91 bits per heavy atom. The molecular formula is C18H25NO3. The van der Waals surface area contributed by atoms with Gasteiger partial charge in [0.2, 0.25) is 5.91 Å². The van der Waals surface area contributed by atoms with Crippen molar-refractivity contribution in [2.45, 2.75) is 39.4 Å². The van der Waals surface area contributed by atoms with Crippen molar-refractivity contribution in [2.24, 2.45) is 5.92 Å². The van der Waals surface area contributed by atoms with E-state index in [0.29, 0.717) is 13.1 Å². The van der Waals surface area contributed by atoms with Crippen LogP contribution in [-0.2, 0) is 4.79 Å². The Hall–Kier alpha value is -1.81. The Kier molecular flexibility index (Phi) is 5.61. The van der Waals surface area contributed by atoms with Crippen LogP contribution in [0, 0.1) is 5.92 Å². The molecule has 22 heavy (non-hydrogen) atoms. The van der Waals surface area contributed by atoms with E-state index < -0.39 is 6.10 Å². The van der Waals surface area contributed by atoms with Gasteiger partial charge in [-0.1, -0.05) is 19.1 Å². The van der Waals surface area contributed by atoms with Crippen molar-refractivity contribution in [1.29, 1.82) is 0 Å². The lowest BCUT2D eigenvalue weighted by molar-refractivity contribution is -0.130. The normalized spacial score (nSPS) is 22.3. The van der Waals surface area contributed by atoms with E-state index in [1.54, 1.807) is 17.1 Å². The van der Waals surface area contributed by atoms with Crippen molar-refractivity contribution in [3.8, 4) is 5.75 Å². The van der Waals surface area contributed by atoms with E-state index in [1.807, 2.05) is 45.0 Å². The molecule has 4 nitrogen and oxygen atoms in total. The highest BCUT2D eigenvalue weighted by Crippen LogP contribution is 2.18. The third-order valence-corrected chi connectivity index (χ3v) is 3.88. The molecule has 1 heterocycles. The van der Waals surface area contributed by atoms with Gasteiger partial charge in [0.05, 0.1) is 12.2 Å². The van der Waals surface area contributed by atoms with Crippen molar-refractivity contribution in [1.82, 2.24) is 4.90 Å². The molecule has 0 saturated carbocycles. The summed E-state index contributed by atoms with van der Waals surface area (Å²) in [4.78, 5) is 13.9. The molecule has 2 atom stereocenters. The SMILES string of the molecule is CC(C)Oc1cccc(/C=C/C(=O)N2CCC(C)C(O)C2)c1. The quantitative estimate of drug-likeness (QED) is 0.870. The number of aliphatic hydroxyl groups is 1. The molecule has 4 heteroatoms. The van der Waals surface area contributed by atoms with Crippen LogP contribution in [-0.4, -0.2) is 41.2 Å². The second-order valence-electron chi connectivity index (χ2n) is 6.19. The Labute approximate surface area is 132 Å². The third-order valence-electron chi connectivity index (χ3n) is 3.88. The molecule has 0 aliphatic carbocycles. The van der Waals surface area contributed by atoms with Gasteiger partial charge in [0.25, 0.3) is 0 Å². The van der Waals surface area contributed by atoms with Crippen LogP contribution in [0.2, 0.25) is 0 Å². The molecule has 1 aromatic carbocycles. The van der Waals surface area contributed by atoms with Gasteiger partial charge in [-0.25, -0.2) is 0 Å². The number of β-amino-alcohol motifs (C(OH)–C–C–N with tert-alkyl or cyclic N) is 1. The molecule has 1 aliphatic rings.